The Balaban J connectivity index is 1.51. The lowest BCUT2D eigenvalue weighted by atomic mass is 10.1. The predicted molar refractivity (Wildman–Crippen MR) is 130 cm³/mol. The molecule has 170 valence electrons. The number of ether oxygens (including phenoxy) is 1. The summed E-state index contributed by atoms with van der Waals surface area (Å²) in [4.78, 5) is 35.5. The monoisotopic (exact) mass is 472 g/mol. The number of carbonyl (C=O) groups excluding carboxylic acids is 1. The van der Waals surface area contributed by atoms with E-state index in [0.29, 0.717) is 11.4 Å². The highest BCUT2D eigenvalue weighted by atomic mass is 32.1. The average molecular weight is 473 g/mol. The third kappa shape index (κ3) is 4.01. The molecule has 5 rings (SSSR count). The number of fused-ring (bicyclic) bond motifs is 1. The highest BCUT2D eigenvalue weighted by Crippen LogP contribution is 2.40. The number of nitro benzene ring substituents is 1. The van der Waals surface area contributed by atoms with Crippen LogP contribution in [0, 0.1) is 17.0 Å². The van der Waals surface area contributed by atoms with Crippen molar-refractivity contribution >= 4 is 28.6 Å². The summed E-state index contributed by atoms with van der Waals surface area (Å²) in [5, 5.41) is 11.8. The number of hydrogen-bond donors (Lipinski definition) is 0. The minimum absolute atomic E-state index is 0.0100. The first-order valence-corrected chi connectivity index (χ1v) is 11.5. The Labute approximate surface area is 199 Å². The van der Waals surface area contributed by atoms with Gasteiger partial charge in [-0.05, 0) is 49.7 Å². The summed E-state index contributed by atoms with van der Waals surface area (Å²) in [6.45, 7) is 4.00. The van der Waals surface area contributed by atoms with Crippen molar-refractivity contribution in [3.8, 4) is 27.7 Å². The molecule has 0 saturated carbocycles. The van der Waals surface area contributed by atoms with Gasteiger partial charge in [0.1, 0.15) is 10.8 Å². The summed E-state index contributed by atoms with van der Waals surface area (Å²) in [6.07, 6.45) is 1.11. The van der Waals surface area contributed by atoms with E-state index in [0.717, 1.165) is 32.4 Å². The summed E-state index contributed by atoms with van der Waals surface area (Å²) < 4.78 is 5.85. The molecule has 0 fully saturated rings. The number of nitro groups is 1. The van der Waals surface area contributed by atoms with Crippen LogP contribution >= 0.6 is 11.3 Å². The van der Waals surface area contributed by atoms with Crippen LogP contribution in [0.5, 0.6) is 5.75 Å². The van der Waals surface area contributed by atoms with Crippen molar-refractivity contribution in [1.29, 1.82) is 0 Å². The van der Waals surface area contributed by atoms with Gasteiger partial charge in [-0.2, -0.15) is 0 Å². The van der Waals surface area contributed by atoms with Gasteiger partial charge in [-0.3, -0.25) is 19.9 Å². The zero-order valence-electron chi connectivity index (χ0n) is 18.5. The normalized spacial score (nSPS) is 15.1. The molecule has 1 atom stereocenters. The molecule has 2 aromatic carbocycles. The molecule has 1 unspecified atom stereocenters. The van der Waals surface area contributed by atoms with Gasteiger partial charge >= 0.3 is 0 Å². The van der Waals surface area contributed by atoms with Gasteiger partial charge in [0, 0.05) is 28.8 Å². The molecular formula is C25H20N4O4S. The Hall–Kier alpha value is -4.11. The molecule has 0 N–H and O–H groups in total. The number of rotatable bonds is 5. The van der Waals surface area contributed by atoms with Gasteiger partial charge < -0.3 is 9.64 Å². The van der Waals surface area contributed by atoms with Gasteiger partial charge in [0.2, 0.25) is 0 Å². The molecule has 3 heterocycles. The quantitative estimate of drug-likeness (QED) is 0.285. The van der Waals surface area contributed by atoms with E-state index in [9.17, 15) is 14.9 Å². The van der Waals surface area contributed by atoms with Crippen molar-refractivity contribution in [3.05, 3.63) is 87.4 Å². The van der Waals surface area contributed by atoms with E-state index in [4.69, 9.17) is 9.72 Å². The number of benzene rings is 2. The number of carbonyl (C=O) groups is 1. The molecule has 0 radical (unpaired) electrons. The van der Waals surface area contributed by atoms with Gasteiger partial charge in [-0.1, -0.05) is 18.2 Å². The van der Waals surface area contributed by atoms with E-state index < -0.39 is 11.0 Å². The molecule has 4 aromatic rings. The lowest BCUT2D eigenvalue weighted by Gasteiger charge is -2.33. The lowest BCUT2D eigenvalue weighted by molar-refractivity contribution is -0.384. The fraction of sp³-hybridized carbons (Fsp3) is 0.160. The van der Waals surface area contributed by atoms with Gasteiger partial charge in [0.05, 0.1) is 28.5 Å². The molecule has 9 heteroatoms. The first-order valence-electron chi connectivity index (χ1n) is 10.7. The second-order valence-corrected chi connectivity index (χ2v) is 9.13. The number of aromatic nitrogens is 2. The Bertz CT molecular complexity index is 1390. The zero-order valence-corrected chi connectivity index (χ0v) is 19.3. The molecule has 1 aliphatic rings. The van der Waals surface area contributed by atoms with Gasteiger partial charge in [-0.25, -0.2) is 4.98 Å². The average Bonchev–Trinajstić information content (AvgIpc) is 3.24. The van der Waals surface area contributed by atoms with E-state index in [1.165, 1.54) is 12.1 Å². The van der Waals surface area contributed by atoms with Crippen LogP contribution in [0.2, 0.25) is 0 Å². The third-order valence-corrected chi connectivity index (χ3v) is 6.60. The van der Waals surface area contributed by atoms with Crippen molar-refractivity contribution in [2.45, 2.75) is 26.5 Å². The smallest absolute Gasteiger partial charge is 0.269 e. The topological polar surface area (TPSA) is 98.5 Å². The fourth-order valence-electron chi connectivity index (χ4n) is 3.89. The molecule has 0 saturated heterocycles. The minimum Gasteiger partial charge on any atom is -0.479 e. The maximum atomic E-state index is 13.0. The number of amides is 1. The highest BCUT2D eigenvalue weighted by molar-refractivity contribution is 7.15. The number of thiazole rings is 1. The van der Waals surface area contributed by atoms with Crippen LogP contribution in [-0.2, 0) is 11.3 Å². The second kappa shape index (κ2) is 8.68. The summed E-state index contributed by atoms with van der Waals surface area (Å²) in [7, 11) is 0. The number of non-ortho nitro benzene ring substituents is 1. The summed E-state index contributed by atoms with van der Waals surface area (Å²) in [6, 6.07) is 17.6. The maximum Gasteiger partial charge on any atom is 0.269 e. The van der Waals surface area contributed by atoms with E-state index in [1.807, 2.05) is 43.3 Å². The van der Waals surface area contributed by atoms with Crippen molar-refractivity contribution in [2.24, 2.45) is 0 Å². The Kier molecular flexibility index (Phi) is 5.54. The van der Waals surface area contributed by atoms with E-state index in [-0.39, 0.29) is 18.1 Å². The largest absolute Gasteiger partial charge is 0.479 e. The predicted octanol–water partition coefficient (Wildman–Crippen LogP) is 5.40. The Morgan fingerprint density at radius 1 is 1.15 bits per heavy atom. The fourth-order valence-corrected chi connectivity index (χ4v) is 4.80. The van der Waals surface area contributed by atoms with Crippen LogP contribution in [0.15, 0.2) is 66.9 Å². The first kappa shape index (κ1) is 21.7. The van der Waals surface area contributed by atoms with Gasteiger partial charge in [0.25, 0.3) is 11.6 Å². The Morgan fingerprint density at radius 3 is 2.65 bits per heavy atom. The van der Waals surface area contributed by atoms with Crippen LogP contribution < -0.4 is 9.64 Å². The molecule has 0 aliphatic carbocycles. The van der Waals surface area contributed by atoms with Crippen LogP contribution in [0.4, 0.5) is 11.4 Å². The molecule has 0 spiro atoms. The zero-order chi connectivity index (χ0) is 23.8. The number of nitrogens with zero attached hydrogens (tertiary/aromatic N) is 4. The number of pyridine rings is 1. The van der Waals surface area contributed by atoms with Crippen molar-refractivity contribution < 1.29 is 14.5 Å². The van der Waals surface area contributed by atoms with Crippen LogP contribution in [0.1, 0.15) is 17.4 Å². The Morgan fingerprint density at radius 2 is 1.94 bits per heavy atom. The summed E-state index contributed by atoms with van der Waals surface area (Å²) >= 11 is 1.57. The highest BCUT2D eigenvalue weighted by Gasteiger charge is 2.32. The van der Waals surface area contributed by atoms with Crippen molar-refractivity contribution in [1.82, 2.24) is 9.97 Å². The number of hydrogen-bond acceptors (Lipinski definition) is 7. The second-order valence-electron chi connectivity index (χ2n) is 7.93. The lowest BCUT2D eigenvalue weighted by Crippen LogP contribution is -2.44. The van der Waals surface area contributed by atoms with Crippen molar-refractivity contribution in [3.63, 3.8) is 0 Å². The summed E-state index contributed by atoms with van der Waals surface area (Å²) in [5.74, 6) is 0.433. The third-order valence-electron chi connectivity index (χ3n) is 5.61. The van der Waals surface area contributed by atoms with Crippen LogP contribution in [-0.4, -0.2) is 26.9 Å². The van der Waals surface area contributed by atoms with E-state index in [2.05, 4.69) is 4.98 Å². The number of anilines is 1. The van der Waals surface area contributed by atoms with Crippen LogP contribution in [0.3, 0.4) is 0 Å². The molecule has 34 heavy (non-hydrogen) atoms. The minimum atomic E-state index is -0.631. The molecule has 1 amide bonds. The standard InChI is InChI=1S/C25H20N4O4S/c1-15-25(30)28(14-17-6-9-19(10-7-17)29(31)32)21-13-18(8-11-22(21)33-15)23-16(2)34-24(27-23)20-5-3-4-12-26-20/h3-13,15H,14H2,1-2H3. The first-order chi connectivity index (χ1) is 16.4. The molecule has 1 aliphatic heterocycles. The number of aryl methyl sites for hydroxylation is 1. The van der Waals surface area contributed by atoms with Crippen molar-refractivity contribution in [2.75, 3.05) is 4.90 Å². The molecular weight excluding hydrogens is 452 g/mol. The SMILES string of the molecule is Cc1sc(-c2ccccn2)nc1-c1ccc2c(c1)N(Cc1ccc([N+](=O)[O-])cc1)C(=O)C(C)O2. The van der Waals surface area contributed by atoms with E-state index >= 15 is 0 Å². The maximum absolute atomic E-state index is 13.0. The van der Waals surface area contributed by atoms with Gasteiger partial charge in [0.15, 0.2) is 6.10 Å². The molecule has 8 nitrogen and oxygen atoms in total. The summed E-state index contributed by atoms with van der Waals surface area (Å²) in [5.41, 5.74) is 3.95. The van der Waals surface area contributed by atoms with E-state index in [1.54, 1.807) is 41.5 Å². The van der Waals surface area contributed by atoms with Crippen LogP contribution in [0.25, 0.3) is 22.0 Å². The molecule has 2 aromatic heterocycles. The molecule has 0 bridgehead atoms. The van der Waals surface area contributed by atoms with Gasteiger partial charge in [-0.15, -0.1) is 11.3 Å².